The lowest BCUT2D eigenvalue weighted by Gasteiger charge is -2.15. The minimum atomic E-state index is -0.0402. The summed E-state index contributed by atoms with van der Waals surface area (Å²) < 4.78 is 6.64. The Morgan fingerprint density at radius 1 is 0.511 bits per heavy atom. The fourth-order valence-electron chi connectivity index (χ4n) is 7.28. The molecular weight excluding hydrogens is 571 g/mol. The van der Waals surface area contributed by atoms with Gasteiger partial charge in [0.1, 0.15) is 5.82 Å². The Balaban J connectivity index is 1.43. The van der Waals surface area contributed by atoms with E-state index in [9.17, 15) is 4.79 Å². The van der Waals surface area contributed by atoms with Crippen molar-refractivity contribution < 1.29 is 0 Å². The minimum Gasteiger partial charge on any atom is -0.292 e. The predicted molar refractivity (Wildman–Crippen MR) is 190 cm³/mol. The molecule has 0 fully saturated rings. The van der Waals surface area contributed by atoms with Gasteiger partial charge < -0.3 is 0 Å². The van der Waals surface area contributed by atoms with Gasteiger partial charge in [-0.25, -0.2) is 4.98 Å². The lowest BCUT2D eigenvalue weighted by atomic mass is 9.99. The number of hydrogen-bond acceptors (Lipinski definition) is 3. The maximum Gasteiger partial charge on any atom is 0.263 e. The second-order valence-corrected chi connectivity index (χ2v) is 12.6. The third-order valence-electron chi connectivity index (χ3n) is 9.15. The van der Waals surface area contributed by atoms with Crippen LogP contribution in [0.25, 0.3) is 85.9 Å². The van der Waals surface area contributed by atoms with Crippen LogP contribution in [0.3, 0.4) is 0 Å². The maximum absolute atomic E-state index is 14.1. The molecule has 0 aliphatic rings. The molecule has 5 heteroatoms. The number of pyridine rings is 2. The van der Waals surface area contributed by atoms with Crippen molar-refractivity contribution in [2.75, 3.05) is 0 Å². The second-order valence-electron chi connectivity index (χ2n) is 11.5. The zero-order chi connectivity index (χ0) is 29.6. The number of benzene rings is 6. The lowest BCUT2D eigenvalue weighted by Crippen LogP contribution is -2.19. The Morgan fingerprint density at radius 2 is 1.13 bits per heavy atom. The third kappa shape index (κ3) is 3.30. The molecule has 0 saturated carbocycles. The molecule has 0 spiro atoms. The monoisotopic (exact) mass is 593 g/mol. The number of fused-ring (bicyclic) bond motifs is 13. The van der Waals surface area contributed by atoms with Crippen LogP contribution in [-0.4, -0.2) is 14.1 Å². The van der Waals surface area contributed by atoms with Gasteiger partial charge in [-0.2, -0.15) is 0 Å². The molecular formula is C40H23N3OS. The van der Waals surface area contributed by atoms with Gasteiger partial charge in [-0.05, 0) is 46.5 Å². The molecule has 0 unspecified atom stereocenters. The fraction of sp³-hybridized carbons (Fsp3) is 0. The van der Waals surface area contributed by atoms with Crippen LogP contribution >= 0.6 is 11.3 Å². The molecule has 0 amide bonds. The molecule has 0 aliphatic heterocycles. The van der Waals surface area contributed by atoms with E-state index in [4.69, 9.17) is 4.98 Å². The molecule has 0 N–H and O–H groups in total. The topological polar surface area (TPSA) is 39.8 Å². The van der Waals surface area contributed by atoms with E-state index in [1.54, 1.807) is 0 Å². The highest BCUT2D eigenvalue weighted by molar-refractivity contribution is 7.27. The van der Waals surface area contributed by atoms with Gasteiger partial charge in [0, 0.05) is 55.0 Å². The lowest BCUT2D eigenvalue weighted by molar-refractivity contribution is 1.04. The smallest absolute Gasteiger partial charge is 0.263 e. The molecule has 4 heterocycles. The average Bonchev–Trinajstić information content (AvgIpc) is 3.66. The van der Waals surface area contributed by atoms with E-state index < -0.39 is 0 Å². The molecule has 0 saturated heterocycles. The van der Waals surface area contributed by atoms with Crippen molar-refractivity contribution in [2.24, 2.45) is 0 Å². The molecule has 10 aromatic rings. The van der Waals surface area contributed by atoms with Gasteiger partial charge in [0.15, 0.2) is 0 Å². The first kappa shape index (κ1) is 24.6. The summed E-state index contributed by atoms with van der Waals surface area (Å²) in [5, 5.41) is 9.96. The first-order valence-corrected chi connectivity index (χ1v) is 15.8. The van der Waals surface area contributed by atoms with Crippen LogP contribution < -0.4 is 5.56 Å². The molecule has 4 aromatic heterocycles. The minimum absolute atomic E-state index is 0.0402. The molecule has 0 radical (unpaired) electrons. The molecule has 4 nitrogen and oxygen atoms in total. The van der Waals surface area contributed by atoms with Gasteiger partial charge >= 0.3 is 0 Å². The molecule has 0 bridgehead atoms. The standard InChI is InChI=1S/C40H23N3OS/c44-40-28-17-7-4-14-25(28)31-23-41-35(22-33(31)42(40)24-12-2-1-3-13-24)43-32-20-10-8-18-29(32)36-26-15-5-6-16-27(26)37-30-19-9-11-21-34(30)45-39(37)38(36)43/h1-23H. The highest BCUT2D eigenvalue weighted by Crippen LogP contribution is 2.47. The summed E-state index contributed by atoms with van der Waals surface area (Å²) in [6.07, 6.45) is 1.94. The van der Waals surface area contributed by atoms with Crippen molar-refractivity contribution in [1.29, 1.82) is 0 Å². The van der Waals surface area contributed by atoms with Crippen molar-refractivity contribution in [2.45, 2.75) is 0 Å². The Morgan fingerprint density at radius 3 is 1.93 bits per heavy atom. The van der Waals surface area contributed by atoms with Gasteiger partial charge in [-0.1, -0.05) is 97.1 Å². The van der Waals surface area contributed by atoms with Crippen molar-refractivity contribution in [3.8, 4) is 11.5 Å². The summed E-state index contributed by atoms with van der Waals surface area (Å²) in [6.45, 7) is 0. The summed E-state index contributed by atoms with van der Waals surface area (Å²) in [5.74, 6) is 0.780. The predicted octanol–water partition coefficient (Wildman–Crippen LogP) is 10.2. The van der Waals surface area contributed by atoms with E-state index in [0.29, 0.717) is 5.39 Å². The van der Waals surface area contributed by atoms with Gasteiger partial charge in [0.2, 0.25) is 0 Å². The number of thiophene rings is 1. The normalized spacial score (nSPS) is 12.1. The van der Waals surface area contributed by atoms with Crippen LogP contribution in [0.2, 0.25) is 0 Å². The number of rotatable bonds is 2. The van der Waals surface area contributed by atoms with E-state index in [-0.39, 0.29) is 5.56 Å². The Hall–Kier alpha value is -5.78. The van der Waals surface area contributed by atoms with E-state index >= 15 is 0 Å². The third-order valence-corrected chi connectivity index (χ3v) is 10.3. The van der Waals surface area contributed by atoms with Crippen LogP contribution in [-0.2, 0) is 0 Å². The molecule has 210 valence electrons. The zero-order valence-electron chi connectivity index (χ0n) is 23.9. The van der Waals surface area contributed by atoms with Crippen molar-refractivity contribution in [3.63, 3.8) is 0 Å². The summed E-state index contributed by atoms with van der Waals surface area (Å²) in [4.78, 5) is 19.3. The first-order valence-electron chi connectivity index (χ1n) is 15.0. The largest absolute Gasteiger partial charge is 0.292 e. The SMILES string of the molecule is O=c1c2ccccc2c2cnc(-n3c4ccccc4c4c5ccccc5c5c6ccccc6sc5c43)cc2n1-c1ccccc1. The maximum atomic E-state index is 14.1. The quantitative estimate of drug-likeness (QED) is 0.187. The van der Waals surface area contributed by atoms with E-state index in [1.807, 2.05) is 76.7 Å². The summed E-state index contributed by atoms with van der Waals surface area (Å²) in [7, 11) is 0. The van der Waals surface area contributed by atoms with Crippen LogP contribution in [0.4, 0.5) is 0 Å². The Kier molecular flexibility index (Phi) is 4.99. The van der Waals surface area contributed by atoms with Crippen LogP contribution in [0, 0.1) is 0 Å². The summed E-state index contributed by atoms with van der Waals surface area (Å²) in [6, 6.07) is 45.9. The van der Waals surface area contributed by atoms with E-state index in [2.05, 4.69) is 83.4 Å². The summed E-state index contributed by atoms with van der Waals surface area (Å²) >= 11 is 1.83. The summed E-state index contributed by atoms with van der Waals surface area (Å²) in [5.41, 5.74) is 3.85. The van der Waals surface area contributed by atoms with Gasteiger partial charge in [0.25, 0.3) is 5.56 Å². The van der Waals surface area contributed by atoms with E-state index in [0.717, 1.165) is 38.8 Å². The highest BCUT2D eigenvalue weighted by atomic mass is 32.1. The van der Waals surface area contributed by atoms with Crippen molar-refractivity contribution in [1.82, 2.24) is 14.1 Å². The van der Waals surface area contributed by atoms with Crippen LogP contribution in [0.15, 0.2) is 144 Å². The number of hydrogen-bond donors (Lipinski definition) is 0. The molecule has 10 rings (SSSR count). The second kappa shape index (κ2) is 9.11. The van der Waals surface area contributed by atoms with Gasteiger partial charge in [-0.3, -0.25) is 13.9 Å². The molecule has 6 aromatic carbocycles. The zero-order valence-corrected chi connectivity index (χ0v) is 24.8. The van der Waals surface area contributed by atoms with E-state index in [1.165, 1.54) is 41.7 Å². The van der Waals surface area contributed by atoms with Gasteiger partial charge in [0.05, 0.1) is 21.3 Å². The number of aromatic nitrogens is 3. The van der Waals surface area contributed by atoms with Gasteiger partial charge in [-0.15, -0.1) is 11.3 Å². The first-order chi connectivity index (χ1) is 22.3. The molecule has 0 aliphatic carbocycles. The Bertz CT molecular complexity index is 2900. The number of para-hydroxylation sites is 2. The molecule has 0 atom stereocenters. The van der Waals surface area contributed by atoms with Crippen LogP contribution in [0.5, 0.6) is 0 Å². The number of nitrogens with zero attached hydrogens (tertiary/aromatic N) is 3. The fourth-order valence-corrected chi connectivity index (χ4v) is 8.54. The Labute approximate surface area is 260 Å². The van der Waals surface area contributed by atoms with Crippen molar-refractivity contribution >= 4 is 85.8 Å². The molecule has 45 heavy (non-hydrogen) atoms. The van der Waals surface area contributed by atoms with Crippen molar-refractivity contribution in [3.05, 3.63) is 150 Å². The van der Waals surface area contributed by atoms with Crippen LogP contribution in [0.1, 0.15) is 0 Å². The highest BCUT2D eigenvalue weighted by Gasteiger charge is 2.23. The average molecular weight is 594 g/mol.